The summed E-state index contributed by atoms with van der Waals surface area (Å²) in [6.07, 6.45) is -10.3. The number of rotatable bonds is 6. The number of hydrogen-bond acceptors (Lipinski definition) is 5. The van der Waals surface area contributed by atoms with Crippen molar-refractivity contribution in [1.82, 2.24) is 4.90 Å². The molecule has 11 heteroatoms. The van der Waals surface area contributed by atoms with Crippen LogP contribution in [0.25, 0.3) is 11.3 Å². The van der Waals surface area contributed by atoms with Crippen LogP contribution in [-0.2, 0) is 12.4 Å². The number of furan rings is 1. The lowest BCUT2D eigenvalue weighted by molar-refractivity contribution is -0.143. The lowest BCUT2D eigenvalue weighted by Gasteiger charge is -2.22. The first-order valence-corrected chi connectivity index (χ1v) is 11.2. The molecule has 1 aliphatic rings. The largest absolute Gasteiger partial charge is 0.456 e. The summed E-state index contributed by atoms with van der Waals surface area (Å²) in [6, 6.07) is 11.5. The van der Waals surface area contributed by atoms with Gasteiger partial charge in [-0.3, -0.25) is 0 Å². The first-order valence-electron chi connectivity index (χ1n) is 11.2. The molecule has 0 amide bonds. The average Bonchev–Trinajstić information content (AvgIpc) is 3.49. The third kappa shape index (κ3) is 5.79. The van der Waals surface area contributed by atoms with Crippen LogP contribution in [0.15, 0.2) is 59.0 Å². The van der Waals surface area contributed by atoms with Crippen molar-refractivity contribution >= 4 is 11.4 Å². The zero-order valence-electron chi connectivity index (χ0n) is 19.5. The summed E-state index contributed by atoms with van der Waals surface area (Å²) in [5.74, 6) is -0.296. The minimum Gasteiger partial charge on any atom is -0.456 e. The highest BCUT2D eigenvalue weighted by atomic mass is 19.4. The minimum absolute atomic E-state index is 0.0518. The van der Waals surface area contributed by atoms with E-state index in [-0.39, 0.29) is 17.6 Å². The lowest BCUT2D eigenvalue weighted by Crippen LogP contribution is -2.31. The van der Waals surface area contributed by atoms with Crippen molar-refractivity contribution in [2.45, 2.75) is 31.0 Å². The molecule has 5 nitrogen and oxygen atoms in total. The van der Waals surface area contributed by atoms with Gasteiger partial charge in [-0.05, 0) is 75.1 Å². The molecule has 0 spiro atoms. The van der Waals surface area contributed by atoms with E-state index < -0.39 is 35.3 Å². The van der Waals surface area contributed by atoms with Crippen molar-refractivity contribution in [3.8, 4) is 11.3 Å². The van der Waals surface area contributed by atoms with Crippen LogP contribution < -0.4 is 10.2 Å². The summed E-state index contributed by atoms with van der Waals surface area (Å²) in [5, 5.41) is 13.3. The van der Waals surface area contributed by atoms with Crippen molar-refractivity contribution in [1.29, 1.82) is 0 Å². The van der Waals surface area contributed by atoms with Crippen molar-refractivity contribution < 1.29 is 35.9 Å². The first kappa shape index (κ1) is 25.9. The maximum Gasteiger partial charge on any atom is 0.416 e. The van der Waals surface area contributed by atoms with Gasteiger partial charge in [0, 0.05) is 36.1 Å². The van der Waals surface area contributed by atoms with Gasteiger partial charge in [-0.1, -0.05) is 0 Å². The first-order chi connectivity index (χ1) is 16.8. The number of aliphatic hydroxyl groups excluding tert-OH is 1. The molecule has 2 heterocycles. The van der Waals surface area contributed by atoms with Crippen molar-refractivity contribution in [2.75, 3.05) is 37.4 Å². The highest BCUT2D eigenvalue weighted by Crippen LogP contribution is 2.39. The Morgan fingerprint density at radius 2 is 1.56 bits per heavy atom. The Kier molecular flexibility index (Phi) is 6.98. The van der Waals surface area contributed by atoms with Gasteiger partial charge >= 0.3 is 12.4 Å². The molecular weight excluding hydrogens is 488 g/mol. The van der Waals surface area contributed by atoms with Crippen LogP contribution in [-0.4, -0.2) is 43.2 Å². The number of hydrogen-bond donors (Lipinski definition) is 2. The Hall–Kier alpha value is -3.18. The third-order valence-corrected chi connectivity index (χ3v) is 6.20. The highest BCUT2D eigenvalue weighted by molar-refractivity contribution is 5.61. The van der Waals surface area contributed by atoms with Crippen molar-refractivity contribution in [2.24, 2.45) is 0 Å². The number of benzene rings is 2. The normalized spacial score (nSPS) is 17.6. The predicted molar refractivity (Wildman–Crippen MR) is 123 cm³/mol. The maximum atomic E-state index is 13.2. The molecule has 1 saturated heterocycles. The van der Waals surface area contributed by atoms with Crippen LogP contribution in [0.3, 0.4) is 0 Å². The number of likely N-dealkylation sites (N-methyl/N-ethyl adjacent to an activating group) is 1. The van der Waals surface area contributed by atoms with Gasteiger partial charge in [0.25, 0.3) is 0 Å². The molecule has 0 bridgehead atoms. The van der Waals surface area contributed by atoms with Crippen LogP contribution in [0.4, 0.5) is 37.7 Å². The second kappa shape index (κ2) is 9.70. The fourth-order valence-corrected chi connectivity index (χ4v) is 4.15. The van der Waals surface area contributed by atoms with Crippen LogP contribution in [0.2, 0.25) is 0 Å². The fourth-order valence-electron chi connectivity index (χ4n) is 4.15. The summed E-state index contributed by atoms with van der Waals surface area (Å²) >= 11 is 0. The summed E-state index contributed by atoms with van der Waals surface area (Å²) in [7, 11) is 4.09. The van der Waals surface area contributed by atoms with E-state index >= 15 is 0 Å². The Morgan fingerprint density at radius 3 is 2.08 bits per heavy atom. The number of nitrogens with zero attached hydrogens (tertiary/aromatic N) is 2. The molecule has 194 valence electrons. The zero-order chi connectivity index (χ0) is 26.3. The smallest absolute Gasteiger partial charge is 0.416 e. The average molecular weight is 513 g/mol. The second-order valence-electron chi connectivity index (χ2n) is 8.94. The van der Waals surface area contributed by atoms with Gasteiger partial charge in [-0.2, -0.15) is 26.3 Å². The predicted octanol–water partition coefficient (Wildman–Crippen LogP) is 6.23. The third-order valence-electron chi connectivity index (χ3n) is 6.20. The topological polar surface area (TPSA) is 51.9 Å². The van der Waals surface area contributed by atoms with E-state index in [2.05, 4.69) is 15.1 Å². The molecule has 2 aromatic carbocycles. The van der Waals surface area contributed by atoms with Crippen molar-refractivity contribution in [3.05, 3.63) is 71.5 Å². The molecule has 2 N–H and O–H groups in total. The summed E-state index contributed by atoms with van der Waals surface area (Å²) in [4.78, 5) is 4.45. The van der Waals surface area contributed by atoms with E-state index in [9.17, 15) is 31.4 Å². The van der Waals surface area contributed by atoms with E-state index in [4.69, 9.17) is 4.42 Å². The van der Waals surface area contributed by atoms with E-state index in [1.165, 1.54) is 12.1 Å². The molecule has 2 atom stereocenters. The van der Waals surface area contributed by atoms with E-state index in [0.29, 0.717) is 23.9 Å². The number of anilines is 2. The van der Waals surface area contributed by atoms with Gasteiger partial charge in [-0.15, -0.1) is 0 Å². The standard InChI is InChI=1S/C25H25F6N3O2/c1-33(2)20-9-10-34(14-20)19-5-3-18(4-6-19)32-23(35)22-8-7-21(36-22)15-11-16(24(26,27)28)13-17(12-15)25(29,30)31/h3-8,11-13,20,23,32,35H,9-10,14H2,1-2H3. The summed E-state index contributed by atoms with van der Waals surface area (Å²) in [5.41, 5.74) is -1.70. The lowest BCUT2D eigenvalue weighted by atomic mass is 10.0. The molecule has 2 unspecified atom stereocenters. The van der Waals surface area contributed by atoms with E-state index in [1.807, 2.05) is 26.2 Å². The number of aliphatic hydroxyl groups is 1. The monoisotopic (exact) mass is 513 g/mol. The number of nitrogens with one attached hydrogen (secondary N) is 1. The minimum atomic E-state index is -4.97. The quantitative estimate of drug-likeness (QED) is 0.303. The highest BCUT2D eigenvalue weighted by Gasteiger charge is 2.37. The fraction of sp³-hybridized carbons (Fsp3) is 0.360. The van der Waals surface area contributed by atoms with Crippen molar-refractivity contribution in [3.63, 3.8) is 0 Å². The number of halogens is 6. The molecular formula is C25H25F6N3O2. The molecule has 36 heavy (non-hydrogen) atoms. The molecule has 1 aromatic heterocycles. The van der Waals surface area contributed by atoms with Gasteiger partial charge < -0.3 is 24.6 Å². The van der Waals surface area contributed by atoms with Crippen LogP contribution in [0.1, 0.15) is 29.5 Å². The van der Waals surface area contributed by atoms with Gasteiger partial charge in [-0.25, -0.2) is 0 Å². The Labute approximate surface area is 203 Å². The van der Waals surface area contributed by atoms with Crippen LogP contribution in [0, 0.1) is 0 Å². The molecule has 1 fully saturated rings. The van der Waals surface area contributed by atoms with Crippen LogP contribution >= 0.6 is 0 Å². The molecule has 4 rings (SSSR count). The van der Waals surface area contributed by atoms with Gasteiger partial charge in [0.1, 0.15) is 5.76 Å². The van der Waals surface area contributed by atoms with E-state index in [1.54, 1.807) is 12.1 Å². The molecule has 3 aromatic rings. The Balaban J connectivity index is 1.48. The molecule has 0 saturated carbocycles. The maximum absolute atomic E-state index is 13.2. The number of alkyl halides is 6. The van der Waals surface area contributed by atoms with Gasteiger partial charge in [0.2, 0.25) is 0 Å². The molecule has 0 radical (unpaired) electrons. The van der Waals surface area contributed by atoms with E-state index in [0.717, 1.165) is 25.2 Å². The van der Waals surface area contributed by atoms with Gasteiger partial charge in [0.05, 0.1) is 11.1 Å². The molecule has 1 aliphatic heterocycles. The SMILES string of the molecule is CN(C)C1CCN(c2ccc(NC(O)c3ccc(-c4cc(C(F)(F)F)cc(C(F)(F)F)c4)o3)cc2)C1. The molecule has 0 aliphatic carbocycles. The summed E-state index contributed by atoms with van der Waals surface area (Å²) in [6.45, 7) is 1.84. The zero-order valence-corrected chi connectivity index (χ0v) is 19.5. The van der Waals surface area contributed by atoms with Crippen LogP contribution in [0.5, 0.6) is 0 Å². The second-order valence-corrected chi connectivity index (χ2v) is 8.94. The Morgan fingerprint density at radius 1 is 0.944 bits per heavy atom. The Bertz CT molecular complexity index is 1160. The van der Waals surface area contributed by atoms with Gasteiger partial charge in [0.15, 0.2) is 12.0 Å². The summed E-state index contributed by atoms with van der Waals surface area (Å²) < 4.78 is 84.4.